The molecule has 1 aliphatic heterocycles. The fourth-order valence-corrected chi connectivity index (χ4v) is 2.84. The fraction of sp³-hybridized carbons (Fsp3) is 0.579. The second-order valence-electron chi connectivity index (χ2n) is 6.29. The van der Waals surface area contributed by atoms with Crippen LogP contribution >= 0.6 is 0 Å². The summed E-state index contributed by atoms with van der Waals surface area (Å²) in [5.41, 5.74) is 1.11. The van der Waals surface area contributed by atoms with Gasteiger partial charge in [-0.05, 0) is 38.0 Å². The third kappa shape index (κ3) is 4.80. The molecule has 1 aliphatic rings. The summed E-state index contributed by atoms with van der Waals surface area (Å²) in [6.45, 7) is 10.4. The molecule has 23 heavy (non-hydrogen) atoms. The first-order chi connectivity index (χ1) is 11.0. The van der Waals surface area contributed by atoms with E-state index in [4.69, 9.17) is 18.9 Å². The fourth-order valence-electron chi connectivity index (χ4n) is 2.84. The highest BCUT2D eigenvalue weighted by Crippen LogP contribution is 2.33. The van der Waals surface area contributed by atoms with Crippen molar-refractivity contribution < 1.29 is 18.9 Å². The minimum Gasteiger partial charge on any atom is -0.497 e. The van der Waals surface area contributed by atoms with Gasteiger partial charge in [-0.2, -0.15) is 0 Å². The van der Waals surface area contributed by atoms with Crippen LogP contribution in [0.1, 0.15) is 39.2 Å². The largest absolute Gasteiger partial charge is 0.497 e. The van der Waals surface area contributed by atoms with E-state index in [0.29, 0.717) is 6.61 Å². The number of ether oxygens (including phenoxy) is 4. The second-order valence-corrected chi connectivity index (χ2v) is 6.29. The predicted octanol–water partition coefficient (Wildman–Crippen LogP) is 4.09. The van der Waals surface area contributed by atoms with Crippen LogP contribution in [0.5, 0.6) is 5.75 Å². The van der Waals surface area contributed by atoms with E-state index in [1.54, 1.807) is 13.2 Å². The van der Waals surface area contributed by atoms with E-state index < -0.39 is 5.79 Å². The number of methoxy groups -OCH3 is 1. The van der Waals surface area contributed by atoms with Crippen molar-refractivity contribution in [2.24, 2.45) is 0 Å². The van der Waals surface area contributed by atoms with Gasteiger partial charge in [0.25, 0.3) is 0 Å². The molecule has 0 aliphatic carbocycles. The summed E-state index contributed by atoms with van der Waals surface area (Å²) in [5.74, 6) is 0.249. The van der Waals surface area contributed by atoms with E-state index in [9.17, 15) is 0 Å². The van der Waals surface area contributed by atoms with Crippen molar-refractivity contribution in [1.82, 2.24) is 0 Å². The summed E-state index contributed by atoms with van der Waals surface area (Å²) < 4.78 is 23.3. The van der Waals surface area contributed by atoms with E-state index >= 15 is 0 Å². The maximum Gasteiger partial charge on any atom is 0.164 e. The number of hydrogen-bond acceptors (Lipinski definition) is 4. The van der Waals surface area contributed by atoms with Gasteiger partial charge in [0, 0.05) is 0 Å². The van der Waals surface area contributed by atoms with Gasteiger partial charge in [-0.25, -0.2) is 0 Å². The molecule has 3 atom stereocenters. The molecule has 0 amide bonds. The normalized spacial score (nSPS) is 24.3. The van der Waals surface area contributed by atoms with Crippen molar-refractivity contribution in [3.8, 4) is 5.75 Å². The first kappa shape index (κ1) is 18.0. The van der Waals surface area contributed by atoms with Crippen LogP contribution < -0.4 is 4.74 Å². The van der Waals surface area contributed by atoms with E-state index in [2.05, 4.69) is 13.5 Å². The Bertz CT molecular complexity index is 495. The lowest BCUT2D eigenvalue weighted by Crippen LogP contribution is -2.36. The molecule has 0 N–H and O–H groups in total. The predicted molar refractivity (Wildman–Crippen MR) is 90.5 cm³/mol. The maximum absolute atomic E-state index is 6.16. The quantitative estimate of drug-likeness (QED) is 0.676. The molecule has 0 radical (unpaired) electrons. The average molecular weight is 320 g/mol. The van der Waals surface area contributed by atoms with Crippen LogP contribution in [0, 0.1) is 0 Å². The average Bonchev–Trinajstić information content (AvgIpc) is 2.86. The lowest BCUT2D eigenvalue weighted by molar-refractivity contribution is -0.160. The van der Waals surface area contributed by atoms with Gasteiger partial charge >= 0.3 is 0 Å². The first-order valence-electron chi connectivity index (χ1n) is 8.21. The SMILES string of the molecule is C=C[C@@H]1OC(C)(C)O[C@@H]1[C@@H](CCC)OCc1ccc(OC)cc1. The van der Waals surface area contributed by atoms with Crippen LogP contribution in [-0.2, 0) is 20.8 Å². The van der Waals surface area contributed by atoms with Crippen molar-refractivity contribution in [2.45, 2.75) is 64.3 Å². The molecule has 1 fully saturated rings. The summed E-state index contributed by atoms with van der Waals surface area (Å²) >= 11 is 0. The Morgan fingerprint density at radius 2 is 1.96 bits per heavy atom. The zero-order valence-electron chi connectivity index (χ0n) is 14.6. The Balaban J connectivity index is 2.01. The molecule has 0 unspecified atom stereocenters. The van der Waals surface area contributed by atoms with Gasteiger partial charge in [-0.15, -0.1) is 6.58 Å². The van der Waals surface area contributed by atoms with Crippen molar-refractivity contribution >= 4 is 0 Å². The van der Waals surface area contributed by atoms with Crippen LogP contribution in [0.2, 0.25) is 0 Å². The molecule has 4 heteroatoms. The van der Waals surface area contributed by atoms with Gasteiger partial charge in [0.15, 0.2) is 5.79 Å². The summed E-state index contributed by atoms with van der Waals surface area (Å²) in [6, 6.07) is 7.92. The lowest BCUT2D eigenvalue weighted by Gasteiger charge is -2.26. The molecule has 1 aromatic carbocycles. The Morgan fingerprint density at radius 1 is 1.26 bits per heavy atom. The van der Waals surface area contributed by atoms with Gasteiger partial charge in [-0.1, -0.05) is 31.6 Å². The summed E-state index contributed by atoms with van der Waals surface area (Å²) in [5, 5.41) is 0. The highest BCUT2D eigenvalue weighted by molar-refractivity contribution is 5.26. The van der Waals surface area contributed by atoms with Crippen LogP contribution in [0.3, 0.4) is 0 Å². The topological polar surface area (TPSA) is 36.9 Å². The monoisotopic (exact) mass is 320 g/mol. The van der Waals surface area contributed by atoms with Crippen molar-refractivity contribution in [3.63, 3.8) is 0 Å². The standard InChI is InChI=1S/C19H28O4/c1-6-8-17(18-16(7-2)22-19(3,4)23-18)21-13-14-9-11-15(20-5)12-10-14/h7,9-12,16-18H,2,6,8,13H2,1,3-5H3/t16-,17+,18-/m0/s1. The van der Waals surface area contributed by atoms with Crippen LogP contribution in [0.25, 0.3) is 0 Å². The van der Waals surface area contributed by atoms with E-state index in [1.165, 1.54) is 0 Å². The molecular weight excluding hydrogens is 292 g/mol. The van der Waals surface area contributed by atoms with Crippen molar-refractivity contribution in [1.29, 1.82) is 0 Å². The number of hydrogen-bond donors (Lipinski definition) is 0. The summed E-state index contributed by atoms with van der Waals surface area (Å²) in [6.07, 6.45) is 3.46. The van der Waals surface area contributed by atoms with Crippen LogP contribution in [0.15, 0.2) is 36.9 Å². The molecule has 0 saturated carbocycles. The third-order valence-electron chi connectivity index (χ3n) is 3.96. The van der Waals surface area contributed by atoms with E-state index in [1.807, 2.05) is 38.1 Å². The van der Waals surface area contributed by atoms with Crippen molar-refractivity contribution in [3.05, 3.63) is 42.5 Å². The first-order valence-corrected chi connectivity index (χ1v) is 8.21. The van der Waals surface area contributed by atoms with Gasteiger partial charge < -0.3 is 18.9 Å². The van der Waals surface area contributed by atoms with Gasteiger partial charge in [0.05, 0.1) is 19.8 Å². The highest BCUT2D eigenvalue weighted by atomic mass is 16.8. The molecule has 1 heterocycles. The number of rotatable bonds is 8. The molecular formula is C19H28O4. The molecule has 4 nitrogen and oxygen atoms in total. The zero-order chi connectivity index (χ0) is 16.9. The van der Waals surface area contributed by atoms with E-state index in [0.717, 1.165) is 24.2 Å². The second kappa shape index (κ2) is 7.95. The Kier molecular flexibility index (Phi) is 6.22. The minimum absolute atomic E-state index is 0.0214. The van der Waals surface area contributed by atoms with Gasteiger partial charge in [-0.3, -0.25) is 0 Å². The Morgan fingerprint density at radius 3 is 2.52 bits per heavy atom. The zero-order valence-corrected chi connectivity index (χ0v) is 14.6. The molecule has 1 aromatic rings. The van der Waals surface area contributed by atoms with Crippen LogP contribution in [-0.4, -0.2) is 31.2 Å². The molecule has 2 rings (SSSR count). The molecule has 0 aromatic heterocycles. The molecule has 128 valence electrons. The molecule has 1 saturated heterocycles. The number of benzene rings is 1. The van der Waals surface area contributed by atoms with E-state index in [-0.39, 0.29) is 18.3 Å². The Labute approximate surface area is 139 Å². The van der Waals surface area contributed by atoms with Crippen LogP contribution in [0.4, 0.5) is 0 Å². The summed E-state index contributed by atoms with van der Waals surface area (Å²) in [4.78, 5) is 0. The Hall–Kier alpha value is -1.36. The molecule has 0 bridgehead atoms. The van der Waals surface area contributed by atoms with Gasteiger partial charge in [0.2, 0.25) is 0 Å². The smallest absolute Gasteiger partial charge is 0.164 e. The van der Waals surface area contributed by atoms with Gasteiger partial charge in [0.1, 0.15) is 18.0 Å². The third-order valence-corrected chi connectivity index (χ3v) is 3.96. The lowest BCUT2D eigenvalue weighted by atomic mass is 10.0. The summed E-state index contributed by atoms with van der Waals surface area (Å²) in [7, 11) is 1.66. The molecule has 0 spiro atoms. The highest BCUT2D eigenvalue weighted by Gasteiger charge is 2.43. The van der Waals surface area contributed by atoms with Crippen molar-refractivity contribution in [2.75, 3.05) is 7.11 Å². The maximum atomic E-state index is 6.16. The minimum atomic E-state index is -0.598.